The van der Waals surface area contributed by atoms with Crippen molar-refractivity contribution >= 4 is 17.2 Å². The Labute approximate surface area is 100 Å². The van der Waals surface area contributed by atoms with Gasteiger partial charge in [-0.25, -0.2) is 0 Å². The van der Waals surface area contributed by atoms with Crippen LogP contribution in [0.1, 0.15) is 24.6 Å². The third-order valence-electron chi connectivity index (χ3n) is 2.91. The molecule has 0 radical (unpaired) electrons. The van der Waals surface area contributed by atoms with Crippen molar-refractivity contribution < 1.29 is 4.79 Å². The molecule has 1 aromatic rings. The molecule has 4 heteroatoms. The first kappa shape index (κ1) is 11.6. The monoisotopic (exact) mass is 238 g/mol. The molecule has 0 saturated carbocycles. The number of thiophene rings is 1. The molecule has 1 aliphatic heterocycles. The van der Waals surface area contributed by atoms with Crippen LogP contribution >= 0.6 is 11.3 Å². The number of carbonyl (C=O) groups excluding carboxylic acids is 1. The zero-order valence-corrected chi connectivity index (χ0v) is 10.4. The van der Waals surface area contributed by atoms with Crippen LogP contribution < -0.4 is 5.32 Å². The summed E-state index contributed by atoms with van der Waals surface area (Å²) < 4.78 is 0. The third-order valence-corrected chi connectivity index (χ3v) is 3.77. The average Bonchev–Trinajstić information content (AvgIpc) is 2.77. The molecule has 0 bridgehead atoms. The fourth-order valence-electron chi connectivity index (χ4n) is 2.12. The van der Waals surface area contributed by atoms with E-state index in [4.69, 9.17) is 0 Å². The van der Waals surface area contributed by atoms with Gasteiger partial charge < -0.3 is 10.2 Å². The lowest BCUT2D eigenvalue weighted by atomic mass is 10.0. The number of rotatable bonds is 4. The molecule has 1 amide bonds. The second-order valence-electron chi connectivity index (χ2n) is 4.09. The number of amides is 1. The largest absolute Gasteiger partial charge is 0.336 e. The van der Waals surface area contributed by atoms with Crippen LogP contribution in [0.4, 0.5) is 0 Å². The molecule has 16 heavy (non-hydrogen) atoms. The van der Waals surface area contributed by atoms with E-state index in [1.807, 2.05) is 17.9 Å². The molecule has 1 fully saturated rings. The van der Waals surface area contributed by atoms with Gasteiger partial charge in [0.2, 0.25) is 5.91 Å². The molecule has 88 valence electrons. The number of nitrogens with one attached hydrogen (secondary N) is 1. The maximum absolute atomic E-state index is 12.1. The van der Waals surface area contributed by atoms with Crippen LogP contribution in [-0.4, -0.2) is 29.9 Å². The Morgan fingerprint density at radius 3 is 3.19 bits per heavy atom. The van der Waals surface area contributed by atoms with Crippen LogP contribution in [0.3, 0.4) is 0 Å². The number of hydrogen-bond acceptors (Lipinski definition) is 3. The van der Waals surface area contributed by atoms with Crippen LogP contribution in [-0.2, 0) is 11.3 Å². The number of likely N-dealkylation sites (N-methyl/N-ethyl adjacent to an activating group) is 1. The maximum Gasteiger partial charge on any atom is 0.240 e. The van der Waals surface area contributed by atoms with E-state index in [0.29, 0.717) is 0 Å². The highest BCUT2D eigenvalue weighted by atomic mass is 32.1. The number of nitrogens with zero attached hydrogens (tertiary/aromatic N) is 1. The van der Waals surface area contributed by atoms with E-state index in [0.717, 1.165) is 32.5 Å². The molecular weight excluding hydrogens is 220 g/mol. The van der Waals surface area contributed by atoms with Crippen LogP contribution in [0.2, 0.25) is 0 Å². The highest BCUT2D eigenvalue weighted by molar-refractivity contribution is 7.09. The van der Waals surface area contributed by atoms with Crippen LogP contribution in [0.15, 0.2) is 17.5 Å². The predicted molar refractivity (Wildman–Crippen MR) is 66.4 cm³/mol. The lowest BCUT2D eigenvalue weighted by Gasteiger charge is -2.32. The summed E-state index contributed by atoms with van der Waals surface area (Å²) in [6.45, 7) is 4.59. The first-order valence-corrected chi connectivity index (χ1v) is 6.73. The van der Waals surface area contributed by atoms with Gasteiger partial charge >= 0.3 is 0 Å². The molecule has 0 spiro atoms. The van der Waals surface area contributed by atoms with Crippen LogP contribution in [0, 0.1) is 0 Å². The van der Waals surface area contributed by atoms with Gasteiger partial charge in [0.05, 0.1) is 12.6 Å². The van der Waals surface area contributed by atoms with Gasteiger partial charge in [-0.3, -0.25) is 4.79 Å². The molecule has 1 aliphatic rings. The number of piperidine rings is 1. The lowest BCUT2D eigenvalue weighted by molar-refractivity contribution is -0.136. The van der Waals surface area contributed by atoms with Gasteiger partial charge in [0.15, 0.2) is 0 Å². The fraction of sp³-hybridized carbons (Fsp3) is 0.583. The minimum Gasteiger partial charge on any atom is -0.336 e. The van der Waals surface area contributed by atoms with Crippen molar-refractivity contribution in [2.75, 3.05) is 13.1 Å². The first-order chi connectivity index (χ1) is 7.81. The Kier molecular flexibility index (Phi) is 3.96. The third kappa shape index (κ3) is 2.62. The molecule has 1 N–H and O–H groups in total. The Balaban J connectivity index is 1.96. The van der Waals surface area contributed by atoms with Gasteiger partial charge in [-0.15, -0.1) is 11.3 Å². The number of likely N-dealkylation sites (tertiary alicyclic amines) is 1. The molecule has 1 unspecified atom stereocenters. The topological polar surface area (TPSA) is 32.3 Å². The Hall–Kier alpha value is -0.870. The predicted octanol–water partition coefficient (Wildman–Crippen LogP) is 1.85. The molecule has 1 atom stereocenters. The van der Waals surface area contributed by atoms with E-state index < -0.39 is 0 Å². The number of hydrogen-bond donors (Lipinski definition) is 1. The molecule has 0 aliphatic carbocycles. The maximum atomic E-state index is 12.1. The minimum atomic E-state index is 0.0405. The van der Waals surface area contributed by atoms with E-state index in [-0.39, 0.29) is 11.9 Å². The molecule has 1 saturated heterocycles. The molecule has 0 aromatic carbocycles. The van der Waals surface area contributed by atoms with Gasteiger partial charge in [-0.1, -0.05) is 13.0 Å². The summed E-state index contributed by atoms with van der Waals surface area (Å²) in [7, 11) is 0. The van der Waals surface area contributed by atoms with E-state index in [1.54, 1.807) is 11.3 Å². The van der Waals surface area contributed by atoms with Crippen LogP contribution in [0.5, 0.6) is 0 Å². The Morgan fingerprint density at radius 2 is 2.50 bits per heavy atom. The molecule has 2 heterocycles. The summed E-state index contributed by atoms with van der Waals surface area (Å²) in [6.07, 6.45) is 2.09. The van der Waals surface area contributed by atoms with E-state index >= 15 is 0 Å². The van der Waals surface area contributed by atoms with Crippen molar-refractivity contribution in [2.24, 2.45) is 0 Å². The Morgan fingerprint density at radius 1 is 1.62 bits per heavy atom. The highest BCUT2D eigenvalue weighted by Gasteiger charge is 2.27. The molecule has 3 nitrogen and oxygen atoms in total. The lowest BCUT2D eigenvalue weighted by Crippen LogP contribution is -2.50. The SMILES string of the molecule is CCNC1CCCN(Cc2cccs2)C1=O. The van der Waals surface area contributed by atoms with Gasteiger partial charge in [0.25, 0.3) is 0 Å². The van der Waals surface area contributed by atoms with Crippen molar-refractivity contribution in [3.05, 3.63) is 22.4 Å². The average molecular weight is 238 g/mol. The smallest absolute Gasteiger partial charge is 0.240 e. The van der Waals surface area contributed by atoms with Gasteiger partial charge in [0.1, 0.15) is 0 Å². The van der Waals surface area contributed by atoms with Crippen molar-refractivity contribution in [3.8, 4) is 0 Å². The summed E-state index contributed by atoms with van der Waals surface area (Å²) in [6, 6.07) is 4.17. The minimum absolute atomic E-state index is 0.0405. The van der Waals surface area contributed by atoms with Gasteiger partial charge in [-0.2, -0.15) is 0 Å². The zero-order valence-electron chi connectivity index (χ0n) is 9.61. The standard InChI is InChI=1S/C12H18N2OS/c1-2-13-11-6-3-7-14(12(11)15)9-10-5-4-8-16-10/h4-5,8,11,13H,2-3,6-7,9H2,1H3. The summed E-state index contributed by atoms with van der Waals surface area (Å²) in [5.41, 5.74) is 0. The second kappa shape index (κ2) is 5.46. The van der Waals surface area contributed by atoms with Crippen molar-refractivity contribution in [3.63, 3.8) is 0 Å². The quantitative estimate of drug-likeness (QED) is 0.868. The number of carbonyl (C=O) groups is 1. The van der Waals surface area contributed by atoms with E-state index in [2.05, 4.69) is 16.8 Å². The van der Waals surface area contributed by atoms with Crippen molar-refractivity contribution in [2.45, 2.75) is 32.4 Å². The normalized spacial score (nSPS) is 21.4. The van der Waals surface area contributed by atoms with Crippen molar-refractivity contribution in [1.82, 2.24) is 10.2 Å². The Bertz CT molecular complexity index is 335. The zero-order chi connectivity index (χ0) is 11.4. The van der Waals surface area contributed by atoms with Crippen LogP contribution in [0.25, 0.3) is 0 Å². The summed E-state index contributed by atoms with van der Waals surface area (Å²) in [4.78, 5) is 15.4. The second-order valence-corrected chi connectivity index (χ2v) is 5.12. The molecule has 2 rings (SSSR count). The van der Waals surface area contributed by atoms with Gasteiger partial charge in [0, 0.05) is 11.4 Å². The van der Waals surface area contributed by atoms with Crippen molar-refractivity contribution in [1.29, 1.82) is 0 Å². The summed E-state index contributed by atoms with van der Waals surface area (Å²) >= 11 is 1.72. The van der Waals surface area contributed by atoms with E-state index in [9.17, 15) is 4.79 Å². The summed E-state index contributed by atoms with van der Waals surface area (Å²) in [5, 5.41) is 5.32. The highest BCUT2D eigenvalue weighted by Crippen LogP contribution is 2.17. The molecule has 1 aromatic heterocycles. The summed E-state index contributed by atoms with van der Waals surface area (Å²) in [5.74, 6) is 0.265. The molecular formula is C12H18N2OS. The first-order valence-electron chi connectivity index (χ1n) is 5.86. The van der Waals surface area contributed by atoms with E-state index in [1.165, 1.54) is 4.88 Å². The fourth-order valence-corrected chi connectivity index (χ4v) is 2.84. The van der Waals surface area contributed by atoms with Gasteiger partial charge in [-0.05, 0) is 30.8 Å².